The van der Waals surface area contributed by atoms with Crippen molar-refractivity contribution < 1.29 is 61.9 Å². The van der Waals surface area contributed by atoms with Crippen LogP contribution in [0.1, 0.15) is 217 Å². The van der Waals surface area contributed by atoms with Crippen molar-refractivity contribution in [1.82, 2.24) is 74.7 Å². The highest BCUT2D eigenvalue weighted by Crippen LogP contribution is 2.48. The number of nitrogens with zero attached hydrogens (tertiary/aromatic N) is 12. The van der Waals surface area contributed by atoms with E-state index in [0.717, 1.165) is 136 Å². The van der Waals surface area contributed by atoms with Crippen molar-refractivity contribution >= 4 is 88.3 Å². The summed E-state index contributed by atoms with van der Waals surface area (Å²) < 4.78 is 13.9. The third-order valence-electron chi connectivity index (χ3n) is 31.1. The molecule has 5 aromatic carbocycles. The van der Waals surface area contributed by atoms with Gasteiger partial charge in [-0.3, -0.25) is 43.2 Å². The van der Waals surface area contributed by atoms with E-state index in [1.807, 2.05) is 133 Å². The Labute approximate surface area is 787 Å². The molecule has 134 heavy (non-hydrogen) atoms. The van der Waals surface area contributed by atoms with Gasteiger partial charge in [-0.2, -0.15) is 0 Å². The molecule has 12 heterocycles. The Morgan fingerprint density at radius 3 is 1.01 bits per heavy atom. The molecule has 5 atom stereocenters. The number of halogens is 1. The zero-order valence-electron chi connectivity index (χ0n) is 78.1. The number of urea groups is 3. The van der Waals surface area contributed by atoms with Crippen LogP contribution in [-0.2, 0) is 58.0 Å². The van der Waals surface area contributed by atoms with E-state index in [0.29, 0.717) is 160 Å². The molecule has 14 aliphatic rings. The number of hydrogen-bond donors (Lipinski definition) is 6. The zero-order valence-corrected chi connectivity index (χ0v) is 78.1. The topological polar surface area (TPSA) is 316 Å². The third kappa shape index (κ3) is 23.5. The van der Waals surface area contributed by atoms with Crippen LogP contribution in [0.4, 0.5) is 35.8 Å². The van der Waals surface area contributed by atoms with E-state index in [1.165, 1.54) is 76.0 Å². The maximum absolute atomic E-state index is 14.0. The van der Waals surface area contributed by atoms with Crippen LogP contribution < -0.4 is 31.9 Å². The second-order valence-electron chi connectivity index (χ2n) is 39.8. The van der Waals surface area contributed by atoms with Gasteiger partial charge in [0.05, 0.1) is 19.3 Å². The first-order valence-electron chi connectivity index (χ1n) is 50.3. The number of hydrogen-bond acceptors (Lipinski definition) is 15. The zero-order chi connectivity index (χ0) is 92.9. The Morgan fingerprint density at radius 1 is 0.351 bits per heavy atom. The van der Waals surface area contributed by atoms with Gasteiger partial charge < -0.3 is 90.7 Å². The molecule has 31 heteroatoms. The summed E-state index contributed by atoms with van der Waals surface area (Å²) in [5, 5.41) is 17.8. The lowest BCUT2D eigenvalue weighted by molar-refractivity contribution is -0.142. The normalized spacial score (nSPS) is 22.9. The highest BCUT2D eigenvalue weighted by Gasteiger charge is 2.48. The van der Waals surface area contributed by atoms with E-state index in [9.17, 15) is 61.9 Å². The van der Waals surface area contributed by atoms with Gasteiger partial charge in [-0.15, -0.1) is 0 Å². The van der Waals surface area contributed by atoms with Crippen LogP contribution >= 0.6 is 0 Å². The summed E-state index contributed by atoms with van der Waals surface area (Å²) in [5.41, 5.74) is 7.52. The summed E-state index contributed by atoms with van der Waals surface area (Å²) in [5.74, 6) is -2.14. The Bertz CT molecular complexity index is 5000. The SMILES string of the molecule is Cc1cc(C(=O)N[C@@H](CC(=O)N2CCC(N3Cc4ccccc4NC3=O)CC2)C(=O)N2CCC(N3CCCCC3)CC2)ccc1F.O=C(N[C@@H](CC(=O)N1CCC(N2Cc3ccccc3NC2=O)CC1)C(=O)N1CCC(N2CCCCC2)CC1)C1CC1.O=C(N[C@@H](CC(=O)N1CCC(N2Cc3ccccc3NC2=O)CC1)C(=O)N1CCC(N2CCCCC2)CC1)[C@@H]1C[C@H]1c1ccccc1. The number of nitrogens with one attached hydrogen (secondary N) is 6. The molecule has 5 aromatic rings. The van der Waals surface area contributed by atoms with E-state index < -0.39 is 29.8 Å². The van der Waals surface area contributed by atoms with Crippen LogP contribution in [0.2, 0.25) is 0 Å². The number of rotatable bonds is 22. The molecule has 0 radical (unpaired) electrons. The van der Waals surface area contributed by atoms with Gasteiger partial charge in [-0.25, -0.2) is 18.8 Å². The van der Waals surface area contributed by atoms with Gasteiger partial charge in [-0.05, 0) is 251 Å². The average molecular weight is 1840 g/mol. The number of amides is 15. The second kappa shape index (κ2) is 44.2. The number of aryl methyl sites for hydroxylation is 1. The minimum absolute atomic E-state index is 0.00236. The molecular weight excluding hydrogens is 1700 g/mol. The molecule has 15 amide bonds. The molecule has 30 nitrogen and oxygen atoms in total. The average Bonchev–Trinajstić information content (AvgIpc) is 1.64. The van der Waals surface area contributed by atoms with Crippen molar-refractivity contribution in [2.24, 2.45) is 11.8 Å². The lowest BCUT2D eigenvalue weighted by Crippen LogP contribution is -2.55. The van der Waals surface area contributed by atoms with Crippen LogP contribution in [0.25, 0.3) is 0 Å². The van der Waals surface area contributed by atoms with Gasteiger partial charge in [0.25, 0.3) is 5.91 Å². The Morgan fingerprint density at radius 2 is 0.664 bits per heavy atom. The summed E-state index contributed by atoms with van der Waals surface area (Å²) in [6, 6.07) is 36.1. The minimum atomic E-state index is -1.03. The predicted molar refractivity (Wildman–Crippen MR) is 507 cm³/mol. The largest absolute Gasteiger partial charge is 0.344 e. The van der Waals surface area contributed by atoms with Crippen molar-refractivity contribution in [2.75, 3.05) is 134 Å². The first-order valence-corrected chi connectivity index (χ1v) is 50.3. The van der Waals surface area contributed by atoms with E-state index in [-0.39, 0.29) is 126 Å². The number of anilines is 3. The molecule has 19 rings (SSSR count). The quantitative estimate of drug-likeness (QED) is 0.0375. The lowest BCUT2D eigenvalue weighted by Gasteiger charge is -2.41. The number of fused-ring (bicyclic) bond motifs is 3. The highest BCUT2D eigenvalue weighted by atomic mass is 19.1. The first kappa shape index (κ1) is 94.7. The van der Waals surface area contributed by atoms with E-state index in [2.05, 4.69) is 46.6 Å². The molecule has 2 aliphatic carbocycles. The van der Waals surface area contributed by atoms with E-state index in [1.54, 1.807) is 21.6 Å². The van der Waals surface area contributed by atoms with Crippen LogP contribution in [0.15, 0.2) is 121 Å². The van der Waals surface area contributed by atoms with E-state index in [4.69, 9.17) is 0 Å². The Hall–Kier alpha value is -11.1. The van der Waals surface area contributed by atoms with Crippen LogP contribution in [0, 0.1) is 24.6 Å². The maximum Gasteiger partial charge on any atom is 0.322 e. The maximum atomic E-state index is 14.0. The van der Waals surface area contributed by atoms with E-state index >= 15 is 0 Å². The molecule has 0 aromatic heterocycles. The van der Waals surface area contributed by atoms with Crippen molar-refractivity contribution in [3.05, 3.63) is 161 Å². The fourth-order valence-electron chi connectivity index (χ4n) is 22.7. The van der Waals surface area contributed by atoms with Gasteiger partial charge in [0, 0.05) is 169 Å². The Balaban J connectivity index is 0.000000140. The summed E-state index contributed by atoms with van der Waals surface area (Å²) in [4.78, 5) is 184. The molecule has 9 saturated heterocycles. The summed E-state index contributed by atoms with van der Waals surface area (Å²) in [6.45, 7) is 16.9. The number of piperidine rings is 9. The molecule has 6 N–H and O–H groups in total. The summed E-state index contributed by atoms with van der Waals surface area (Å²) in [7, 11) is 0. The van der Waals surface area contributed by atoms with Crippen molar-refractivity contribution in [3.63, 3.8) is 0 Å². The molecule has 0 unspecified atom stereocenters. The number of likely N-dealkylation sites (tertiary alicyclic amines) is 9. The number of carbonyl (C=O) groups is 12. The monoisotopic (exact) mass is 1840 g/mol. The van der Waals surface area contributed by atoms with Crippen molar-refractivity contribution in [3.8, 4) is 0 Å². The first-order chi connectivity index (χ1) is 65.2. The fraction of sp³-hybridized carbons (Fsp3) is 0.592. The molecule has 2 saturated carbocycles. The fourth-order valence-corrected chi connectivity index (χ4v) is 22.7. The Kier molecular flexibility index (Phi) is 31.2. The van der Waals surface area contributed by atoms with Crippen molar-refractivity contribution in [2.45, 2.75) is 260 Å². The smallest absolute Gasteiger partial charge is 0.322 e. The molecule has 718 valence electrons. The summed E-state index contributed by atoms with van der Waals surface area (Å²) >= 11 is 0. The number of carbonyl (C=O) groups excluding carboxylic acids is 12. The molecule has 0 spiro atoms. The number of para-hydroxylation sites is 3. The van der Waals surface area contributed by atoms with Crippen LogP contribution in [-0.4, -0.2) is 302 Å². The summed E-state index contributed by atoms with van der Waals surface area (Å²) in [6.07, 6.45) is 23.1. The van der Waals surface area contributed by atoms with Gasteiger partial charge in [0.2, 0.25) is 47.3 Å². The van der Waals surface area contributed by atoms with Gasteiger partial charge in [0.15, 0.2) is 0 Å². The molecular formula is C103H137FN18O12. The van der Waals surface area contributed by atoms with Gasteiger partial charge in [0.1, 0.15) is 23.9 Å². The lowest BCUT2D eigenvalue weighted by atomic mass is 9.98. The molecule has 0 bridgehead atoms. The van der Waals surface area contributed by atoms with Crippen molar-refractivity contribution in [1.29, 1.82) is 0 Å². The highest BCUT2D eigenvalue weighted by molar-refractivity contribution is 6.00. The molecule has 11 fully saturated rings. The minimum Gasteiger partial charge on any atom is -0.344 e. The predicted octanol–water partition coefficient (Wildman–Crippen LogP) is 11.1. The third-order valence-corrected chi connectivity index (χ3v) is 31.1. The second-order valence-corrected chi connectivity index (χ2v) is 39.8. The molecule has 12 aliphatic heterocycles. The van der Waals surface area contributed by atoms with Gasteiger partial charge >= 0.3 is 18.1 Å². The number of benzene rings is 5. The van der Waals surface area contributed by atoms with Crippen LogP contribution in [0.3, 0.4) is 0 Å². The standard InChI is InChI=1S/C37H48N6O4.C35H45FN6O4.C31H44N6O4/c44-34(41-19-15-29(16-20-41)43-25-27-11-5-6-12-32(27)39-37(43)47)24-33(38-35(45)31-23-30(31)26-9-3-1-4-10-26)36(46)42-21-13-28(14-22-42)40-17-7-2-8-18-40;1-24-21-25(9-10-29(24)36)33(44)37-31(34(45)41-19-11-27(12-20-41)39-15-5-2-6-16-39)22-32(43)40-17-13-28(14-18-40)42-23-26-7-3-4-8-30(26)38-35(42)46;38-28(35-16-12-25(13-17-35)37-21-23-6-2-3-7-26(23)33-31(37)41)20-27(32-29(39)22-8-9-22)30(40)36-18-10-24(11-19-36)34-14-4-1-5-15-34/h1,3-6,9-12,28-31,33H,2,7-8,13-25H2,(H,38,45)(H,39,47);3-4,7-10,21,27-28,31H,2,5-6,11-20,22-23H2,1H3,(H,37,44)(H,38,46);2-3,6-7,22,24-25,27H,1,4-5,8-21H2,(H,32,39)(H,33,41)/t30-,31+,33-;31-;27-/m000/s1. The van der Waals surface area contributed by atoms with Crippen LogP contribution in [0.5, 0.6) is 0 Å². The van der Waals surface area contributed by atoms with Gasteiger partial charge in [-0.1, -0.05) is 104 Å².